The van der Waals surface area contributed by atoms with Crippen LogP contribution in [0.3, 0.4) is 0 Å². The summed E-state index contributed by atoms with van der Waals surface area (Å²) in [5.41, 5.74) is 0.826. The van der Waals surface area contributed by atoms with Crippen LogP contribution in [0.25, 0.3) is 11.0 Å². The quantitative estimate of drug-likeness (QED) is 0.592. The van der Waals surface area contributed by atoms with E-state index < -0.39 is 11.4 Å². The van der Waals surface area contributed by atoms with Gasteiger partial charge in [0.05, 0.1) is 5.39 Å². The number of carbonyl (C=O) groups is 1. The zero-order valence-electron chi connectivity index (χ0n) is 12.7. The van der Waals surface area contributed by atoms with Crippen molar-refractivity contribution in [1.29, 1.82) is 0 Å². The van der Waals surface area contributed by atoms with Gasteiger partial charge in [0, 0.05) is 6.42 Å². The van der Waals surface area contributed by atoms with E-state index >= 15 is 0 Å². The number of carbonyl (C=O) groups excluding carboxylic acids is 1. The van der Waals surface area contributed by atoms with Crippen LogP contribution in [0, 0.1) is 0 Å². The lowest BCUT2D eigenvalue weighted by Crippen LogP contribution is -2.16. The van der Waals surface area contributed by atoms with Gasteiger partial charge in [0.15, 0.2) is 5.78 Å². The highest BCUT2D eigenvalue weighted by Gasteiger charge is 2.22. The normalized spacial score (nSPS) is 10.8. The van der Waals surface area contributed by atoms with E-state index in [0.29, 0.717) is 17.4 Å². The fourth-order valence-corrected chi connectivity index (χ4v) is 2.71. The molecule has 0 aliphatic heterocycles. The lowest BCUT2D eigenvalue weighted by Gasteiger charge is -2.09. The molecule has 1 aromatic heterocycles. The van der Waals surface area contributed by atoms with Gasteiger partial charge in [-0.25, -0.2) is 4.79 Å². The number of fused-ring (bicyclic) bond motifs is 1. The molecule has 1 heterocycles. The van der Waals surface area contributed by atoms with Gasteiger partial charge in [-0.1, -0.05) is 49.4 Å². The van der Waals surface area contributed by atoms with Crippen molar-refractivity contribution < 1.29 is 14.3 Å². The minimum Gasteiger partial charge on any atom is -0.506 e. The minimum atomic E-state index is -0.802. The maximum Gasteiger partial charge on any atom is 0.351 e. The lowest BCUT2D eigenvalue weighted by molar-refractivity contribution is 0.0987. The molecule has 3 rings (SSSR count). The van der Waals surface area contributed by atoms with E-state index in [-0.39, 0.29) is 17.7 Å². The molecule has 0 saturated heterocycles. The Morgan fingerprint density at radius 1 is 1.09 bits per heavy atom. The van der Waals surface area contributed by atoms with Crippen LogP contribution >= 0.6 is 0 Å². The summed E-state index contributed by atoms with van der Waals surface area (Å²) >= 11 is 0. The third-order valence-electron chi connectivity index (χ3n) is 3.86. The first-order chi connectivity index (χ1) is 11.1. The largest absolute Gasteiger partial charge is 0.506 e. The third kappa shape index (κ3) is 2.75. The molecule has 0 radical (unpaired) electrons. The average molecular weight is 308 g/mol. The Morgan fingerprint density at radius 2 is 1.83 bits per heavy atom. The van der Waals surface area contributed by atoms with Crippen molar-refractivity contribution in [2.45, 2.75) is 19.8 Å². The average Bonchev–Trinajstić information content (AvgIpc) is 2.55. The van der Waals surface area contributed by atoms with Gasteiger partial charge in [-0.3, -0.25) is 4.79 Å². The van der Waals surface area contributed by atoms with Crippen LogP contribution in [0.2, 0.25) is 0 Å². The van der Waals surface area contributed by atoms with Crippen LogP contribution < -0.4 is 5.63 Å². The number of hydrogen-bond acceptors (Lipinski definition) is 4. The highest BCUT2D eigenvalue weighted by molar-refractivity contribution is 6.04. The maximum absolute atomic E-state index is 12.5. The number of ketones is 1. The standard InChI is InChI=1S/C19H16O4/c1-2-13-9-6-10-15-16(13)18(21)17(19(22)23-15)14(20)11-12-7-4-3-5-8-12/h3-10,21H,2,11H2,1H3. The second-order valence-electron chi connectivity index (χ2n) is 5.34. The summed E-state index contributed by atoms with van der Waals surface area (Å²) in [5, 5.41) is 10.9. The lowest BCUT2D eigenvalue weighted by atomic mass is 9.99. The van der Waals surface area contributed by atoms with Gasteiger partial charge < -0.3 is 9.52 Å². The number of aryl methyl sites for hydroxylation is 1. The van der Waals surface area contributed by atoms with E-state index in [2.05, 4.69) is 0 Å². The highest BCUT2D eigenvalue weighted by atomic mass is 16.4. The molecular formula is C19H16O4. The number of Topliss-reactive ketones (excluding diaryl/α,β-unsaturated/α-hetero) is 1. The van der Waals surface area contributed by atoms with E-state index in [4.69, 9.17) is 4.42 Å². The smallest absolute Gasteiger partial charge is 0.351 e. The number of benzene rings is 2. The molecule has 3 aromatic rings. The summed E-state index contributed by atoms with van der Waals surface area (Å²) in [6.45, 7) is 1.94. The van der Waals surface area contributed by atoms with Crippen molar-refractivity contribution in [2.75, 3.05) is 0 Å². The fourth-order valence-electron chi connectivity index (χ4n) is 2.71. The highest BCUT2D eigenvalue weighted by Crippen LogP contribution is 2.30. The molecule has 2 aromatic carbocycles. The van der Waals surface area contributed by atoms with E-state index in [9.17, 15) is 14.7 Å². The molecule has 23 heavy (non-hydrogen) atoms. The first-order valence-corrected chi connectivity index (χ1v) is 7.46. The predicted molar refractivity (Wildman–Crippen MR) is 88.0 cm³/mol. The number of aromatic hydroxyl groups is 1. The van der Waals surface area contributed by atoms with Crippen molar-refractivity contribution in [2.24, 2.45) is 0 Å². The van der Waals surface area contributed by atoms with Crippen molar-refractivity contribution in [3.05, 3.63) is 75.6 Å². The van der Waals surface area contributed by atoms with E-state index in [1.165, 1.54) is 0 Å². The minimum absolute atomic E-state index is 0.0406. The Bertz CT molecular complexity index is 923. The van der Waals surface area contributed by atoms with Gasteiger partial charge in [0.1, 0.15) is 16.9 Å². The number of hydrogen-bond donors (Lipinski definition) is 1. The third-order valence-corrected chi connectivity index (χ3v) is 3.86. The zero-order valence-corrected chi connectivity index (χ0v) is 12.7. The summed E-state index contributed by atoms with van der Waals surface area (Å²) < 4.78 is 5.24. The molecule has 0 bridgehead atoms. The van der Waals surface area contributed by atoms with Gasteiger partial charge in [-0.2, -0.15) is 0 Å². The molecule has 4 heteroatoms. The van der Waals surface area contributed by atoms with Gasteiger partial charge in [-0.15, -0.1) is 0 Å². The number of rotatable bonds is 4. The molecule has 0 aliphatic carbocycles. The summed E-state index contributed by atoms with van der Waals surface area (Å²) in [4.78, 5) is 24.6. The summed E-state index contributed by atoms with van der Waals surface area (Å²) in [6.07, 6.45) is 0.698. The molecule has 0 aliphatic rings. The van der Waals surface area contributed by atoms with Gasteiger partial charge >= 0.3 is 5.63 Å². The maximum atomic E-state index is 12.5. The monoisotopic (exact) mass is 308 g/mol. The Labute approximate surface area is 133 Å². The molecular weight excluding hydrogens is 292 g/mol. The van der Waals surface area contributed by atoms with Gasteiger partial charge in [-0.05, 0) is 23.6 Å². The van der Waals surface area contributed by atoms with Crippen LogP contribution in [-0.2, 0) is 12.8 Å². The van der Waals surface area contributed by atoms with Crippen LogP contribution in [0.1, 0.15) is 28.4 Å². The van der Waals surface area contributed by atoms with Crippen molar-refractivity contribution in [3.63, 3.8) is 0 Å². The van der Waals surface area contributed by atoms with E-state index in [0.717, 1.165) is 11.1 Å². The predicted octanol–water partition coefficient (Wildman–Crippen LogP) is 3.49. The van der Waals surface area contributed by atoms with E-state index in [1.807, 2.05) is 31.2 Å². The molecule has 0 saturated carbocycles. The topological polar surface area (TPSA) is 67.5 Å². The first-order valence-electron chi connectivity index (χ1n) is 7.46. The molecule has 0 fully saturated rings. The molecule has 116 valence electrons. The van der Waals surface area contributed by atoms with Crippen molar-refractivity contribution in [3.8, 4) is 5.75 Å². The van der Waals surface area contributed by atoms with Crippen LogP contribution in [-0.4, -0.2) is 10.9 Å². The summed E-state index contributed by atoms with van der Waals surface area (Å²) in [5.74, 6) is -0.732. The van der Waals surface area contributed by atoms with Gasteiger partial charge in [0.25, 0.3) is 0 Å². The van der Waals surface area contributed by atoms with E-state index in [1.54, 1.807) is 24.3 Å². The van der Waals surface area contributed by atoms with Crippen molar-refractivity contribution >= 4 is 16.8 Å². The first kappa shape index (κ1) is 15.0. The second-order valence-corrected chi connectivity index (χ2v) is 5.34. The molecule has 4 nitrogen and oxygen atoms in total. The molecule has 0 spiro atoms. The van der Waals surface area contributed by atoms with Crippen molar-refractivity contribution in [1.82, 2.24) is 0 Å². The SMILES string of the molecule is CCc1cccc2oc(=O)c(C(=O)Cc3ccccc3)c(O)c12. The Balaban J connectivity index is 2.14. The molecule has 0 amide bonds. The second kappa shape index (κ2) is 6.08. The van der Waals surface area contributed by atoms with Crippen LogP contribution in [0.4, 0.5) is 0 Å². The van der Waals surface area contributed by atoms with Crippen LogP contribution in [0.5, 0.6) is 5.75 Å². The van der Waals surface area contributed by atoms with Crippen LogP contribution in [0.15, 0.2) is 57.7 Å². The zero-order chi connectivity index (χ0) is 16.4. The molecule has 0 atom stereocenters. The molecule has 1 N–H and O–H groups in total. The Morgan fingerprint density at radius 3 is 2.52 bits per heavy atom. The fraction of sp³-hybridized carbons (Fsp3) is 0.158. The Hall–Kier alpha value is -2.88. The molecule has 0 unspecified atom stereocenters. The van der Waals surface area contributed by atoms with Gasteiger partial charge in [0.2, 0.25) is 0 Å². The summed E-state index contributed by atoms with van der Waals surface area (Å²) in [6, 6.07) is 14.3. The summed E-state index contributed by atoms with van der Waals surface area (Å²) in [7, 11) is 0. The Kier molecular flexibility index (Phi) is 3.98.